The topological polar surface area (TPSA) is 178 Å². The Balaban J connectivity index is 1.00. The van der Waals surface area contributed by atoms with Gasteiger partial charge in [0.1, 0.15) is 23.7 Å². The third kappa shape index (κ3) is 7.25. The molecule has 0 spiro atoms. The quantitative estimate of drug-likeness (QED) is 0.112. The number of hydrogen-bond acceptors (Lipinski definition) is 9. The van der Waals surface area contributed by atoms with Crippen molar-refractivity contribution in [1.29, 1.82) is 0 Å². The molecule has 316 valence electrons. The zero-order chi connectivity index (χ0) is 42.4. The first-order valence-corrected chi connectivity index (χ1v) is 21.2. The van der Waals surface area contributed by atoms with Crippen molar-refractivity contribution < 1.29 is 28.7 Å². The number of nitrogens with one attached hydrogen (secondary N) is 4. The van der Waals surface area contributed by atoms with Crippen LogP contribution in [0.15, 0.2) is 79.1 Å². The summed E-state index contributed by atoms with van der Waals surface area (Å²) in [6.45, 7) is 4.51. The number of alkyl carbamates (subject to hydrolysis) is 2. The summed E-state index contributed by atoms with van der Waals surface area (Å²) in [5.41, 5.74) is 10.0. The van der Waals surface area contributed by atoms with Gasteiger partial charge in [0.25, 0.3) is 0 Å². The molecule has 3 fully saturated rings. The molecule has 3 aromatic carbocycles. The number of anilines is 1. The number of benzene rings is 3. The van der Waals surface area contributed by atoms with Crippen LogP contribution in [-0.4, -0.2) is 93.1 Å². The van der Waals surface area contributed by atoms with Crippen LogP contribution in [0.5, 0.6) is 0 Å². The Hall–Kier alpha value is -6.64. The Morgan fingerprint density at radius 2 is 1.11 bits per heavy atom. The molecule has 2 bridgehead atoms. The molecule has 4 N–H and O–H groups in total. The minimum Gasteiger partial charge on any atom is -0.453 e. The Bertz CT molecular complexity index is 2450. The number of likely N-dealkylation sites (tertiary alicyclic amines) is 2. The van der Waals surface area contributed by atoms with E-state index in [-0.39, 0.29) is 36.0 Å². The average Bonchev–Trinajstić information content (AvgIpc) is 4.16. The lowest BCUT2D eigenvalue weighted by molar-refractivity contribution is -0.134. The zero-order valence-corrected chi connectivity index (χ0v) is 34.8. The van der Waals surface area contributed by atoms with Gasteiger partial charge in [0, 0.05) is 24.3 Å². The van der Waals surface area contributed by atoms with E-state index < -0.39 is 24.3 Å². The van der Waals surface area contributed by atoms with Crippen LogP contribution in [-0.2, 0) is 19.1 Å². The van der Waals surface area contributed by atoms with Crippen LogP contribution in [0.3, 0.4) is 0 Å². The summed E-state index contributed by atoms with van der Waals surface area (Å²) in [4.78, 5) is 73.3. The second kappa shape index (κ2) is 16.4. The Kier molecular flexibility index (Phi) is 10.7. The first-order valence-electron chi connectivity index (χ1n) is 21.2. The Morgan fingerprint density at radius 3 is 1.67 bits per heavy atom. The number of aromatic amines is 2. The lowest BCUT2D eigenvalue weighted by atomic mass is 9.82. The van der Waals surface area contributed by atoms with Gasteiger partial charge in [-0.3, -0.25) is 9.59 Å². The number of imidazole rings is 2. The van der Waals surface area contributed by atoms with Gasteiger partial charge in [-0.05, 0) is 92.3 Å². The predicted octanol–water partition coefficient (Wildman–Crippen LogP) is 7.35. The lowest BCUT2D eigenvalue weighted by Gasteiger charge is -2.26. The van der Waals surface area contributed by atoms with E-state index in [9.17, 15) is 19.2 Å². The molecular formula is C46H51N9O6. The number of para-hydroxylation sites is 1. The van der Waals surface area contributed by atoms with Gasteiger partial charge >= 0.3 is 12.2 Å². The number of amides is 4. The van der Waals surface area contributed by atoms with Crippen LogP contribution in [0.4, 0.5) is 15.3 Å². The monoisotopic (exact) mass is 825 g/mol. The maximum Gasteiger partial charge on any atom is 0.407 e. The van der Waals surface area contributed by atoms with E-state index in [1.165, 1.54) is 36.6 Å². The van der Waals surface area contributed by atoms with Gasteiger partial charge in [-0.1, -0.05) is 54.6 Å². The van der Waals surface area contributed by atoms with E-state index >= 15 is 0 Å². The molecule has 15 heteroatoms. The highest BCUT2D eigenvalue weighted by Crippen LogP contribution is 2.59. The summed E-state index contributed by atoms with van der Waals surface area (Å²) >= 11 is 0. The van der Waals surface area contributed by atoms with Crippen LogP contribution in [0, 0.1) is 0 Å². The number of aromatic nitrogens is 4. The van der Waals surface area contributed by atoms with E-state index in [4.69, 9.17) is 19.4 Å². The number of hydrogen-bond donors (Lipinski definition) is 4. The molecule has 15 nitrogen and oxygen atoms in total. The molecule has 2 aromatic heterocycles. The summed E-state index contributed by atoms with van der Waals surface area (Å²) in [6.07, 6.45) is 7.76. The molecule has 4 amide bonds. The third-order valence-electron chi connectivity index (χ3n) is 12.9. The molecule has 5 aromatic rings. The first-order chi connectivity index (χ1) is 29.6. The summed E-state index contributed by atoms with van der Waals surface area (Å²) in [5, 5.41) is 5.19. The molecule has 3 saturated heterocycles. The number of rotatable bonds is 10. The molecule has 4 unspecified atom stereocenters. The normalized spacial score (nSPS) is 21.3. The van der Waals surface area contributed by atoms with E-state index in [1.54, 1.807) is 18.7 Å². The van der Waals surface area contributed by atoms with Gasteiger partial charge in [-0.2, -0.15) is 0 Å². The van der Waals surface area contributed by atoms with Gasteiger partial charge in [0.2, 0.25) is 11.8 Å². The number of nitrogens with zero attached hydrogens (tertiary/aromatic N) is 5. The highest BCUT2D eigenvalue weighted by atomic mass is 16.5. The van der Waals surface area contributed by atoms with Gasteiger partial charge in [0.15, 0.2) is 0 Å². The molecule has 61 heavy (non-hydrogen) atoms. The van der Waals surface area contributed by atoms with Gasteiger partial charge < -0.3 is 44.8 Å². The molecule has 4 aliphatic heterocycles. The van der Waals surface area contributed by atoms with Gasteiger partial charge in [-0.25, -0.2) is 19.6 Å². The van der Waals surface area contributed by atoms with Crippen molar-refractivity contribution in [1.82, 2.24) is 40.4 Å². The third-order valence-corrected chi connectivity index (χ3v) is 12.9. The van der Waals surface area contributed by atoms with Gasteiger partial charge in [0.05, 0.1) is 62.2 Å². The number of fused-ring (bicyclic) bond motifs is 5. The highest BCUT2D eigenvalue weighted by Gasteiger charge is 2.47. The van der Waals surface area contributed by atoms with Crippen LogP contribution < -0.4 is 15.5 Å². The summed E-state index contributed by atoms with van der Waals surface area (Å²) in [7, 11) is 2.56. The maximum atomic E-state index is 13.5. The molecule has 6 heterocycles. The largest absolute Gasteiger partial charge is 0.453 e. The van der Waals surface area contributed by atoms with Gasteiger partial charge in [-0.15, -0.1) is 0 Å². The summed E-state index contributed by atoms with van der Waals surface area (Å²) < 4.78 is 9.42. The smallest absolute Gasteiger partial charge is 0.407 e. The number of methoxy groups -OCH3 is 2. The van der Waals surface area contributed by atoms with E-state index in [0.717, 1.165) is 78.3 Å². The summed E-state index contributed by atoms with van der Waals surface area (Å²) in [5.74, 6) is 1.12. The molecule has 6 atom stereocenters. The van der Waals surface area contributed by atoms with Crippen LogP contribution in [0.25, 0.3) is 33.6 Å². The Morgan fingerprint density at radius 1 is 0.623 bits per heavy atom. The molecule has 4 aliphatic rings. The standard InChI is InChI=1S/C46H51N9O6/c1-26(49-45(58)60-3)43(56)53-22-8-12-37(53)41-47-24-33(51-41)29-16-14-28(15-17-29)31-18-19-32(40-36-21-20-35(39(31)40)55(36)30-10-6-5-7-11-30)34-25-48-42(52-34)38-13-9-23-54(38)44(57)27(2)50-46(59)61-4/h5-7,10-11,14-19,24-27,35-38H,8-9,12-13,20-23H2,1-4H3,(H,47,51)(H,48,52)(H,49,58)(H,50,59)/t26-,27+,35?,36?,37?,38?/m1/s1. The minimum atomic E-state index is -0.725. The molecule has 0 saturated carbocycles. The van der Waals surface area contributed by atoms with Crippen molar-refractivity contribution >= 4 is 29.7 Å². The van der Waals surface area contributed by atoms with Crippen molar-refractivity contribution in [3.63, 3.8) is 0 Å². The van der Waals surface area contributed by atoms with E-state index in [1.807, 2.05) is 17.3 Å². The van der Waals surface area contributed by atoms with Crippen molar-refractivity contribution in [3.8, 4) is 33.6 Å². The Labute approximate surface area is 354 Å². The zero-order valence-electron chi connectivity index (χ0n) is 34.8. The predicted molar refractivity (Wildman–Crippen MR) is 228 cm³/mol. The van der Waals surface area contributed by atoms with Crippen molar-refractivity contribution in [2.45, 2.75) is 88.6 Å². The fourth-order valence-electron chi connectivity index (χ4n) is 10.0. The second-order valence-electron chi connectivity index (χ2n) is 16.4. The fourth-order valence-corrected chi connectivity index (χ4v) is 10.0. The fraction of sp³-hybridized carbons (Fsp3) is 0.391. The maximum absolute atomic E-state index is 13.5. The summed E-state index contributed by atoms with van der Waals surface area (Å²) in [6, 6.07) is 22.2. The average molecular weight is 826 g/mol. The van der Waals surface area contributed by atoms with Crippen molar-refractivity contribution in [2.24, 2.45) is 0 Å². The van der Waals surface area contributed by atoms with Crippen LogP contribution in [0.2, 0.25) is 0 Å². The highest BCUT2D eigenvalue weighted by molar-refractivity contribution is 5.87. The molecule has 0 radical (unpaired) electrons. The number of carbonyl (C=O) groups is 4. The lowest BCUT2D eigenvalue weighted by Crippen LogP contribution is -2.46. The SMILES string of the molecule is COC(=O)N[C@@H](C)C(=O)N1CCCC1c1ncc(-c2ccc(-c3ccc(-c4cnc(C5CCCN5C(=O)[C@@H](C)NC(=O)OC)[nH]4)cc3)c3c2C2CCC3N2c2ccccc2)[nH]1. The minimum absolute atomic E-state index is 0.167. The second-order valence-corrected chi connectivity index (χ2v) is 16.4. The first kappa shape index (κ1) is 39.8. The van der Waals surface area contributed by atoms with Crippen molar-refractivity contribution in [2.75, 3.05) is 32.2 Å². The van der Waals surface area contributed by atoms with E-state index in [2.05, 4.69) is 92.2 Å². The number of ether oxygens (including phenoxy) is 2. The van der Waals surface area contributed by atoms with Crippen LogP contribution >= 0.6 is 0 Å². The molecule has 0 aliphatic carbocycles. The van der Waals surface area contributed by atoms with Crippen LogP contribution in [0.1, 0.15) is 99.3 Å². The number of carbonyl (C=O) groups excluding carboxylic acids is 4. The van der Waals surface area contributed by atoms with E-state index in [0.29, 0.717) is 13.1 Å². The van der Waals surface area contributed by atoms with Crippen molar-refractivity contribution in [3.05, 3.63) is 102 Å². The molecule has 9 rings (SSSR count). The molecular weight excluding hydrogens is 775 g/mol. The number of H-pyrrole nitrogens is 2.